The van der Waals surface area contributed by atoms with Crippen molar-refractivity contribution in [3.63, 3.8) is 0 Å². The molecule has 2 heteroatoms. The van der Waals surface area contributed by atoms with E-state index in [1.165, 1.54) is 11.1 Å². The lowest BCUT2D eigenvalue weighted by Crippen LogP contribution is -2.42. The van der Waals surface area contributed by atoms with Crippen molar-refractivity contribution in [3.05, 3.63) is 35.4 Å². The number of hydrogen-bond donors (Lipinski definition) is 1. The zero-order valence-electron chi connectivity index (χ0n) is 12.6. The molecule has 0 saturated carbocycles. The fraction of sp³-hybridized carbons (Fsp3) is 0.647. The molecule has 0 radical (unpaired) electrons. The highest BCUT2D eigenvalue weighted by Gasteiger charge is 2.26. The molecule has 1 N–H and O–H groups in total. The molecular weight excluding hydrogens is 234 g/mol. The molecule has 1 aliphatic rings. The molecule has 0 bridgehead atoms. The Morgan fingerprint density at radius 3 is 2.26 bits per heavy atom. The third-order valence-corrected chi connectivity index (χ3v) is 4.02. The maximum atomic E-state index is 5.81. The van der Waals surface area contributed by atoms with Gasteiger partial charge in [-0.25, -0.2) is 0 Å². The number of ether oxygens (including phenoxy) is 1. The van der Waals surface area contributed by atoms with E-state index >= 15 is 0 Å². The van der Waals surface area contributed by atoms with Gasteiger partial charge in [0.2, 0.25) is 0 Å². The van der Waals surface area contributed by atoms with Gasteiger partial charge in [0.1, 0.15) is 0 Å². The molecule has 1 saturated heterocycles. The van der Waals surface area contributed by atoms with Gasteiger partial charge in [-0.2, -0.15) is 0 Å². The second-order valence-corrected chi connectivity index (χ2v) is 5.96. The van der Waals surface area contributed by atoms with Gasteiger partial charge in [0, 0.05) is 12.1 Å². The van der Waals surface area contributed by atoms with Crippen molar-refractivity contribution in [1.29, 1.82) is 0 Å². The molecule has 106 valence electrons. The maximum Gasteiger partial charge on any atom is 0.0565 e. The summed E-state index contributed by atoms with van der Waals surface area (Å²) in [6.07, 6.45) is 4.11. The van der Waals surface area contributed by atoms with Gasteiger partial charge in [0.25, 0.3) is 0 Å². The SMILES string of the molecule is CCC(NC1CC(C)OC(C)C1)c1ccc(C)cc1. The first-order chi connectivity index (χ1) is 9.08. The number of benzene rings is 1. The van der Waals surface area contributed by atoms with Crippen LogP contribution < -0.4 is 5.32 Å². The van der Waals surface area contributed by atoms with E-state index in [2.05, 4.69) is 57.3 Å². The van der Waals surface area contributed by atoms with Crippen LogP contribution >= 0.6 is 0 Å². The average molecular weight is 261 g/mol. The fourth-order valence-electron chi connectivity index (χ4n) is 3.07. The van der Waals surface area contributed by atoms with E-state index in [-0.39, 0.29) is 0 Å². The molecule has 1 aromatic carbocycles. The molecule has 3 atom stereocenters. The van der Waals surface area contributed by atoms with Crippen molar-refractivity contribution in [3.8, 4) is 0 Å². The molecular formula is C17H27NO. The predicted octanol–water partition coefficient (Wildman–Crippen LogP) is 3.99. The summed E-state index contributed by atoms with van der Waals surface area (Å²) >= 11 is 0. The first-order valence-corrected chi connectivity index (χ1v) is 7.56. The molecule has 0 aromatic heterocycles. The Morgan fingerprint density at radius 2 is 1.74 bits per heavy atom. The highest BCUT2D eigenvalue weighted by atomic mass is 16.5. The Bertz CT molecular complexity index is 377. The van der Waals surface area contributed by atoms with Crippen molar-refractivity contribution >= 4 is 0 Å². The lowest BCUT2D eigenvalue weighted by molar-refractivity contribution is -0.0437. The monoisotopic (exact) mass is 261 g/mol. The number of rotatable bonds is 4. The van der Waals surface area contributed by atoms with Crippen molar-refractivity contribution in [1.82, 2.24) is 5.32 Å². The van der Waals surface area contributed by atoms with Crippen LogP contribution in [0.2, 0.25) is 0 Å². The summed E-state index contributed by atoms with van der Waals surface area (Å²) in [5.74, 6) is 0. The van der Waals surface area contributed by atoms with Crippen LogP contribution in [0.1, 0.15) is 57.2 Å². The van der Waals surface area contributed by atoms with Gasteiger partial charge < -0.3 is 10.1 Å². The van der Waals surface area contributed by atoms with E-state index < -0.39 is 0 Å². The molecule has 1 heterocycles. The molecule has 0 aliphatic carbocycles. The van der Waals surface area contributed by atoms with Gasteiger partial charge in [-0.05, 0) is 45.6 Å². The largest absolute Gasteiger partial charge is 0.375 e. The van der Waals surface area contributed by atoms with E-state index in [1.807, 2.05) is 0 Å². The summed E-state index contributed by atoms with van der Waals surface area (Å²) in [6, 6.07) is 9.95. The van der Waals surface area contributed by atoms with E-state index in [9.17, 15) is 0 Å². The standard InChI is InChI=1S/C17H27NO/c1-5-17(15-8-6-12(2)7-9-15)18-16-10-13(3)19-14(4)11-16/h6-9,13-14,16-18H,5,10-11H2,1-4H3. The van der Waals surface area contributed by atoms with Gasteiger partial charge >= 0.3 is 0 Å². The first-order valence-electron chi connectivity index (χ1n) is 7.56. The smallest absolute Gasteiger partial charge is 0.0565 e. The van der Waals surface area contributed by atoms with Crippen molar-refractivity contribution < 1.29 is 4.74 Å². The average Bonchev–Trinajstić information content (AvgIpc) is 2.36. The lowest BCUT2D eigenvalue weighted by atomic mass is 9.96. The minimum Gasteiger partial charge on any atom is -0.375 e. The van der Waals surface area contributed by atoms with Crippen LogP contribution in [0, 0.1) is 6.92 Å². The third-order valence-electron chi connectivity index (χ3n) is 4.02. The van der Waals surface area contributed by atoms with Crippen LogP contribution in [0.15, 0.2) is 24.3 Å². The summed E-state index contributed by atoms with van der Waals surface area (Å²) in [4.78, 5) is 0. The zero-order valence-corrected chi connectivity index (χ0v) is 12.6. The highest BCUT2D eigenvalue weighted by Crippen LogP contribution is 2.24. The van der Waals surface area contributed by atoms with Gasteiger partial charge in [-0.3, -0.25) is 0 Å². The van der Waals surface area contributed by atoms with Crippen LogP contribution in [0.25, 0.3) is 0 Å². The predicted molar refractivity (Wildman–Crippen MR) is 80.4 cm³/mol. The fourth-order valence-corrected chi connectivity index (χ4v) is 3.07. The number of aryl methyl sites for hydroxylation is 1. The Balaban J connectivity index is 2.00. The molecule has 3 unspecified atom stereocenters. The second kappa shape index (κ2) is 6.53. The van der Waals surface area contributed by atoms with Crippen LogP contribution in [0.3, 0.4) is 0 Å². The Hall–Kier alpha value is -0.860. The molecule has 1 fully saturated rings. The van der Waals surface area contributed by atoms with Crippen molar-refractivity contribution in [2.45, 2.75) is 71.2 Å². The molecule has 2 rings (SSSR count). The minimum atomic E-state index is 0.372. The Labute approximate surface area is 117 Å². The summed E-state index contributed by atoms with van der Waals surface area (Å²) in [7, 11) is 0. The molecule has 2 nitrogen and oxygen atoms in total. The second-order valence-electron chi connectivity index (χ2n) is 5.96. The molecule has 0 spiro atoms. The summed E-state index contributed by atoms with van der Waals surface area (Å²) in [5, 5.41) is 3.82. The van der Waals surface area contributed by atoms with Gasteiger partial charge in [-0.15, -0.1) is 0 Å². The number of hydrogen-bond acceptors (Lipinski definition) is 2. The number of nitrogens with one attached hydrogen (secondary N) is 1. The molecule has 0 amide bonds. The zero-order chi connectivity index (χ0) is 13.8. The third kappa shape index (κ3) is 4.05. The summed E-state index contributed by atoms with van der Waals surface area (Å²) < 4.78 is 5.81. The normalized spacial score (nSPS) is 29.2. The quantitative estimate of drug-likeness (QED) is 0.885. The van der Waals surface area contributed by atoms with E-state index in [4.69, 9.17) is 4.74 Å². The van der Waals surface area contributed by atoms with Crippen LogP contribution in [0.5, 0.6) is 0 Å². The van der Waals surface area contributed by atoms with Gasteiger partial charge in [0.05, 0.1) is 12.2 Å². The van der Waals surface area contributed by atoms with E-state index in [1.54, 1.807) is 0 Å². The topological polar surface area (TPSA) is 21.3 Å². The molecule has 1 aromatic rings. The van der Waals surface area contributed by atoms with Crippen LogP contribution in [-0.4, -0.2) is 18.2 Å². The van der Waals surface area contributed by atoms with Crippen molar-refractivity contribution in [2.24, 2.45) is 0 Å². The van der Waals surface area contributed by atoms with Crippen LogP contribution in [-0.2, 0) is 4.74 Å². The summed E-state index contributed by atoms with van der Waals surface area (Å²) in [5.41, 5.74) is 2.73. The van der Waals surface area contributed by atoms with Crippen LogP contribution in [0.4, 0.5) is 0 Å². The van der Waals surface area contributed by atoms with E-state index in [0.29, 0.717) is 24.3 Å². The van der Waals surface area contributed by atoms with Crippen molar-refractivity contribution in [2.75, 3.05) is 0 Å². The molecule has 19 heavy (non-hydrogen) atoms. The Kier molecular flexibility index (Phi) is 5.00. The van der Waals surface area contributed by atoms with Gasteiger partial charge in [0.15, 0.2) is 0 Å². The molecule has 1 aliphatic heterocycles. The first kappa shape index (κ1) is 14.5. The van der Waals surface area contributed by atoms with Gasteiger partial charge in [-0.1, -0.05) is 36.8 Å². The Morgan fingerprint density at radius 1 is 1.16 bits per heavy atom. The highest BCUT2D eigenvalue weighted by molar-refractivity contribution is 5.24. The van der Waals surface area contributed by atoms with E-state index in [0.717, 1.165) is 19.3 Å². The maximum absolute atomic E-state index is 5.81. The minimum absolute atomic E-state index is 0.372. The lowest BCUT2D eigenvalue weighted by Gasteiger charge is -2.35. The summed E-state index contributed by atoms with van der Waals surface area (Å²) in [6.45, 7) is 8.75.